The highest BCUT2D eigenvalue weighted by Crippen LogP contribution is 2.46. The summed E-state index contributed by atoms with van der Waals surface area (Å²) >= 11 is 6.65. The summed E-state index contributed by atoms with van der Waals surface area (Å²) in [5.41, 5.74) is 3.67. The largest absolute Gasteiger partial charge is 0.494 e. The van der Waals surface area contributed by atoms with E-state index < -0.39 is 0 Å². The first kappa shape index (κ1) is 56.4. The van der Waals surface area contributed by atoms with Gasteiger partial charge in [0.25, 0.3) is 0 Å². The molecule has 2 saturated heterocycles. The topological polar surface area (TPSA) is 147 Å². The maximum Gasteiger partial charge on any atom is 0.315 e. The van der Waals surface area contributed by atoms with Crippen LogP contribution < -0.4 is 25.4 Å². The number of aryl methyl sites for hydroxylation is 1. The number of urea groups is 1. The summed E-state index contributed by atoms with van der Waals surface area (Å²) in [6.45, 7) is 14.4. The second-order valence-electron chi connectivity index (χ2n) is 20.2. The van der Waals surface area contributed by atoms with Crippen molar-refractivity contribution in [1.29, 1.82) is 0 Å². The quantitative estimate of drug-likeness (QED) is 0.0190. The molecule has 386 valence electrons. The van der Waals surface area contributed by atoms with E-state index in [-0.39, 0.29) is 33.5 Å². The number of amides is 3. The predicted molar refractivity (Wildman–Crippen MR) is 280 cm³/mol. The molecule has 3 N–H and O–H groups in total. The Morgan fingerprint density at radius 2 is 1.51 bits per heavy atom. The van der Waals surface area contributed by atoms with Crippen molar-refractivity contribution >= 4 is 36.3 Å². The molecule has 3 amide bonds. The fourth-order valence-electron chi connectivity index (χ4n) is 8.89. The molecular formula is C53H86N7O7S2+. The number of carbonyl (C=O) groups excluding carboxylic acids is 2. The van der Waals surface area contributed by atoms with Crippen molar-refractivity contribution in [3.63, 3.8) is 0 Å². The Labute approximate surface area is 423 Å². The lowest BCUT2D eigenvalue weighted by atomic mass is 9.80. The first-order valence-corrected chi connectivity index (χ1v) is 27.4. The van der Waals surface area contributed by atoms with Crippen LogP contribution in [-0.2, 0) is 44.1 Å². The van der Waals surface area contributed by atoms with Gasteiger partial charge in [0.1, 0.15) is 36.9 Å². The number of quaternary nitrogens is 1. The molecule has 14 nitrogen and oxygen atoms in total. The number of ether oxygens (including phenoxy) is 5. The summed E-state index contributed by atoms with van der Waals surface area (Å²) in [5, 5.41) is 17.4. The van der Waals surface area contributed by atoms with Crippen LogP contribution in [0.5, 0.6) is 11.5 Å². The van der Waals surface area contributed by atoms with Crippen LogP contribution in [0.25, 0.3) is 0 Å². The minimum Gasteiger partial charge on any atom is -0.494 e. The Balaban J connectivity index is 0.771. The SMILES string of the molecule is CCCCCC(C)(C)c1ccc(OCCOCC[N+](C)(C)Cc2ccc(OCCCCCCCCCn3cc(COCCOCCNC(=O)CCCC[C@@]4(S)SCC5NC(=O)NC54)nn3)cc2)cc1. The van der Waals surface area contributed by atoms with Gasteiger partial charge >= 0.3 is 6.03 Å². The predicted octanol–water partition coefficient (Wildman–Crippen LogP) is 9.25. The molecular weight excluding hydrogens is 911 g/mol. The molecule has 3 atom stereocenters. The maximum atomic E-state index is 12.2. The highest BCUT2D eigenvalue weighted by molar-refractivity contribution is 8.12. The number of benzene rings is 2. The van der Waals surface area contributed by atoms with Crippen LogP contribution in [0.1, 0.15) is 134 Å². The third-order valence-electron chi connectivity index (χ3n) is 13.2. The summed E-state index contributed by atoms with van der Waals surface area (Å²) in [5.74, 6) is 2.73. The number of aromatic nitrogens is 3. The van der Waals surface area contributed by atoms with Gasteiger partial charge in [-0.15, -0.1) is 16.9 Å². The summed E-state index contributed by atoms with van der Waals surface area (Å²) in [6, 6.07) is 17.2. The molecule has 2 aliphatic heterocycles. The van der Waals surface area contributed by atoms with Gasteiger partial charge in [-0.05, 0) is 79.5 Å². The van der Waals surface area contributed by atoms with Crippen molar-refractivity contribution in [1.82, 2.24) is 30.9 Å². The maximum absolute atomic E-state index is 12.2. The summed E-state index contributed by atoms with van der Waals surface area (Å²) in [6.07, 6.45) is 18.1. The van der Waals surface area contributed by atoms with Crippen molar-refractivity contribution in [3.05, 3.63) is 71.5 Å². The molecule has 0 spiro atoms. The zero-order valence-electron chi connectivity index (χ0n) is 42.7. The van der Waals surface area contributed by atoms with Gasteiger partial charge in [-0.3, -0.25) is 9.48 Å². The first-order chi connectivity index (χ1) is 33.3. The third-order valence-corrected chi connectivity index (χ3v) is 15.6. The van der Waals surface area contributed by atoms with Crippen molar-refractivity contribution < 1.29 is 37.8 Å². The van der Waals surface area contributed by atoms with Crippen molar-refractivity contribution in [2.75, 3.05) is 79.2 Å². The van der Waals surface area contributed by atoms with E-state index in [1.807, 2.05) is 10.9 Å². The van der Waals surface area contributed by atoms with E-state index in [0.717, 1.165) is 85.8 Å². The van der Waals surface area contributed by atoms with E-state index in [9.17, 15) is 9.59 Å². The van der Waals surface area contributed by atoms with Gasteiger partial charge < -0.3 is 44.1 Å². The molecule has 16 heteroatoms. The Kier molecular flexibility index (Phi) is 24.8. The van der Waals surface area contributed by atoms with Crippen LogP contribution in [0, 0.1) is 0 Å². The van der Waals surface area contributed by atoms with Gasteiger partial charge in [0.05, 0.1) is 82.7 Å². The van der Waals surface area contributed by atoms with Gasteiger partial charge in [0.15, 0.2) is 0 Å². The zero-order valence-corrected chi connectivity index (χ0v) is 44.4. The Morgan fingerprint density at radius 1 is 0.826 bits per heavy atom. The highest BCUT2D eigenvalue weighted by Gasteiger charge is 2.51. The lowest BCUT2D eigenvalue weighted by Crippen LogP contribution is -2.43. The van der Waals surface area contributed by atoms with Crippen molar-refractivity contribution in [3.8, 4) is 11.5 Å². The molecule has 0 saturated carbocycles. The van der Waals surface area contributed by atoms with E-state index >= 15 is 0 Å². The number of nitrogens with one attached hydrogen (secondary N) is 3. The van der Waals surface area contributed by atoms with E-state index in [1.165, 1.54) is 68.9 Å². The van der Waals surface area contributed by atoms with Crippen LogP contribution in [0.3, 0.4) is 0 Å². The number of thiol groups is 1. The van der Waals surface area contributed by atoms with Crippen molar-refractivity contribution in [2.24, 2.45) is 0 Å². The molecule has 1 aromatic heterocycles. The number of unbranched alkanes of at least 4 members (excludes halogenated alkanes) is 9. The van der Waals surface area contributed by atoms with Crippen LogP contribution >= 0.6 is 24.4 Å². The standard InChI is InChI=1S/C53H85N7O7S2/c1-6-7-14-27-52(2,3)44-21-25-47(26-22-44)67-38-37-64-34-31-60(4,5)40-43-19-23-46(24-20-43)66-32-17-12-10-8-9-11-16-30-59-39-45(57-58-59)41-65-36-35-63-33-29-54-49(61)18-13-15-28-53(68)50-48(42-69-53)55-51(62)56-50/h19-26,39,48,50H,6-18,27-38,40-42H2,1-5H3,(H3-,54,55,56,61,62,68)/p+1/t48?,50?,53-/m1/s1. The molecule has 3 aromatic rings. The summed E-state index contributed by atoms with van der Waals surface area (Å²) in [4.78, 5) is 23.9. The van der Waals surface area contributed by atoms with E-state index in [1.54, 1.807) is 11.8 Å². The second kappa shape index (κ2) is 30.4. The smallest absolute Gasteiger partial charge is 0.315 e. The Bertz CT molecular complexity index is 1900. The number of nitrogens with zero attached hydrogens (tertiary/aromatic N) is 4. The highest BCUT2D eigenvalue weighted by atomic mass is 32.2. The number of hydrogen-bond acceptors (Lipinski definition) is 11. The third kappa shape index (κ3) is 21.4. The second-order valence-corrected chi connectivity index (χ2v) is 22.6. The fourth-order valence-corrected chi connectivity index (χ4v) is 10.9. The van der Waals surface area contributed by atoms with Crippen LogP contribution in [-0.4, -0.2) is 127 Å². The number of thioether (sulfide) groups is 1. The average Bonchev–Trinajstić information content (AvgIpc) is 4.03. The Morgan fingerprint density at radius 3 is 2.28 bits per heavy atom. The minimum absolute atomic E-state index is 0.0239. The molecule has 69 heavy (non-hydrogen) atoms. The fraction of sp³-hybridized carbons (Fsp3) is 0.698. The number of likely N-dealkylation sites (N-methyl/N-ethyl adjacent to an activating group) is 1. The zero-order chi connectivity index (χ0) is 49.2. The summed E-state index contributed by atoms with van der Waals surface area (Å²) in [7, 11) is 4.50. The molecule has 5 rings (SSSR count). The molecule has 2 unspecified atom stereocenters. The van der Waals surface area contributed by atoms with Gasteiger partial charge in [-0.25, -0.2) is 4.79 Å². The Hall–Kier alpha value is -3.54. The van der Waals surface area contributed by atoms with Gasteiger partial charge in [0, 0.05) is 30.8 Å². The van der Waals surface area contributed by atoms with Crippen molar-refractivity contribution in [2.45, 2.75) is 158 Å². The lowest BCUT2D eigenvalue weighted by molar-refractivity contribution is -0.904. The first-order valence-electron chi connectivity index (χ1n) is 25.9. The van der Waals surface area contributed by atoms with E-state index in [2.05, 4.69) is 110 Å². The number of hydrogen-bond donors (Lipinski definition) is 4. The monoisotopic (exact) mass is 997 g/mol. The molecule has 2 aromatic carbocycles. The molecule has 2 fully saturated rings. The van der Waals surface area contributed by atoms with E-state index in [4.69, 9.17) is 36.3 Å². The molecule has 0 aliphatic carbocycles. The molecule has 2 aliphatic rings. The average molecular weight is 997 g/mol. The molecule has 0 bridgehead atoms. The van der Waals surface area contributed by atoms with Gasteiger partial charge in [-0.2, -0.15) is 12.6 Å². The van der Waals surface area contributed by atoms with Crippen LogP contribution in [0.4, 0.5) is 4.79 Å². The summed E-state index contributed by atoms with van der Waals surface area (Å²) < 4.78 is 31.8. The number of fused-ring (bicyclic) bond motifs is 1. The number of rotatable bonds is 38. The van der Waals surface area contributed by atoms with Gasteiger partial charge in [0.2, 0.25) is 5.91 Å². The molecule has 3 heterocycles. The van der Waals surface area contributed by atoms with Crippen LogP contribution in [0.2, 0.25) is 0 Å². The normalized spacial score (nSPS) is 18.0. The van der Waals surface area contributed by atoms with Gasteiger partial charge in [-0.1, -0.05) is 95.9 Å². The lowest BCUT2D eigenvalue weighted by Gasteiger charge is -2.29. The molecule has 0 radical (unpaired) electrons. The number of carbonyl (C=O) groups is 2. The van der Waals surface area contributed by atoms with E-state index in [0.29, 0.717) is 59.2 Å². The van der Waals surface area contributed by atoms with Crippen LogP contribution in [0.15, 0.2) is 54.7 Å². The minimum atomic E-state index is -0.280.